The third kappa shape index (κ3) is 5.64. The van der Waals surface area contributed by atoms with E-state index in [1.165, 1.54) is 22.7 Å². The molecule has 37 heavy (non-hydrogen) atoms. The molecule has 1 N–H and O–H groups in total. The van der Waals surface area contributed by atoms with Crippen LogP contribution in [0.1, 0.15) is 22.5 Å². The van der Waals surface area contributed by atoms with Crippen molar-refractivity contribution in [3.8, 4) is 11.5 Å². The quantitative estimate of drug-likeness (QED) is 0.236. The van der Waals surface area contributed by atoms with Crippen LogP contribution in [0.25, 0.3) is 22.4 Å². The number of hydrogen-bond acceptors (Lipinski definition) is 7. The second-order valence-corrected chi connectivity index (χ2v) is 10.1. The third-order valence-corrected chi connectivity index (χ3v) is 7.56. The largest absolute Gasteiger partial charge is 0.454 e. The van der Waals surface area contributed by atoms with Crippen molar-refractivity contribution in [2.75, 3.05) is 29.5 Å². The van der Waals surface area contributed by atoms with Gasteiger partial charge < -0.3 is 14.4 Å². The van der Waals surface area contributed by atoms with Gasteiger partial charge in [-0.25, -0.2) is 4.98 Å². The predicted octanol–water partition coefficient (Wildman–Crippen LogP) is 6.07. The number of para-hydroxylation sites is 2. The number of thiazole rings is 1. The van der Waals surface area contributed by atoms with Crippen molar-refractivity contribution in [3.05, 3.63) is 88.4 Å². The highest BCUT2D eigenvalue weighted by molar-refractivity contribution is 7.14. The number of anilines is 2. The number of thiophene rings is 1. The van der Waals surface area contributed by atoms with Crippen LogP contribution in [0.4, 0.5) is 10.8 Å². The number of aliphatic hydroxyl groups is 1. The number of aromatic nitrogens is 1. The van der Waals surface area contributed by atoms with Crippen LogP contribution >= 0.6 is 22.7 Å². The number of carbonyl (C=O) groups is 2. The Morgan fingerprint density at radius 3 is 2.49 bits per heavy atom. The highest BCUT2D eigenvalue weighted by Gasteiger charge is 2.23. The van der Waals surface area contributed by atoms with Crippen LogP contribution in [0.3, 0.4) is 0 Å². The highest BCUT2D eigenvalue weighted by atomic mass is 32.1. The lowest BCUT2D eigenvalue weighted by atomic mass is 10.2. The number of aliphatic hydroxyl groups excluding tert-OH is 1. The van der Waals surface area contributed by atoms with Crippen LogP contribution in [-0.4, -0.2) is 41.6 Å². The van der Waals surface area contributed by atoms with Gasteiger partial charge in [0.15, 0.2) is 10.9 Å². The second-order valence-electron chi connectivity index (χ2n) is 8.31. The summed E-state index contributed by atoms with van der Waals surface area (Å²) >= 11 is 2.74. The molecule has 5 rings (SSSR count). The van der Waals surface area contributed by atoms with Gasteiger partial charge in [0, 0.05) is 36.0 Å². The number of rotatable bonds is 10. The van der Waals surface area contributed by atoms with Crippen LogP contribution < -0.4 is 9.80 Å². The Bertz CT molecular complexity index is 1440. The zero-order valence-corrected chi connectivity index (χ0v) is 21.6. The topological polar surface area (TPSA) is 86.9 Å². The highest BCUT2D eigenvalue weighted by Crippen LogP contribution is 2.32. The maximum absolute atomic E-state index is 13.4. The van der Waals surface area contributed by atoms with E-state index < -0.39 is 0 Å². The Hall–Kier alpha value is -3.79. The maximum Gasteiger partial charge on any atom is 0.270 e. The van der Waals surface area contributed by atoms with Gasteiger partial charge in [0.1, 0.15) is 11.3 Å². The molecule has 7 nitrogen and oxygen atoms in total. The van der Waals surface area contributed by atoms with E-state index in [1.807, 2.05) is 77.5 Å². The van der Waals surface area contributed by atoms with E-state index in [-0.39, 0.29) is 31.4 Å². The van der Waals surface area contributed by atoms with Gasteiger partial charge in [0.2, 0.25) is 5.91 Å². The fourth-order valence-corrected chi connectivity index (χ4v) is 5.57. The molecule has 0 saturated heterocycles. The molecular weight excluding hydrogens is 506 g/mol. The lowest BCUT2D eigenvalue weighted by molar-refractivity contribution is -0.118. The fourth-order valence-electron chi connectivity index (χ4n) is 4.06. The Balaban J connectivity index is 1.33. The monoisotopic (exact) mass is 531 g/mol. The minimum absolute atomic E-state index is 0.106. The summed E-state index contributed by atoms with van der Waals surface area (Å²) in [5.41, 5.74) is 2.18. The molecule has 2 amide bonds. The molecule has 0 aliphatic carbocycles. The van der Waals surface area contributed by atoms with E-state index in [2.05, 4.69) is 0 Å². The van der Waals surface area contributed by atoms with Gasteiger partial charge in [0.05, 0.1) is 11.5 Å². The van der Waals surface area contributed by atoms with E-state index >= 15 is 0 Å². The average molecular weight is 532 g/mol. The van der Waals surface area contributed by atoms with Crippen molar-refractivity contribution >= 4 is 56.3 Å². The van der Waals surface area contributed by atoms with Gasteiger partial charge in [-0.05, 0) is 42.1 Å². The van der Waals surface area contributed by atoms with E-state index in [0.717, 1.165) is 16.7 Å². The predicted molar refractivity (Wildman–Crippen MR) is 148 cm³/mol. The summed E-state index contributed by atoms with van der Waals surface area (Å²) < 4.78 is 5.96. The van der Waals surface area contributed by atoms with E-state index in [0.29, 0.717) is 34.4 Å². The van der Waals surface area contributed by atoms with Crippen molar-refractivity contribution < 1.29 is 19.1 Å². The second kappa shape index (κ2) is 11.5. The maximum atomic E-state index is 13.4. The van der Waals surface area contributed by atoms with Gasteiger partial charge in [-0.15, -0.1) is 22.7 Å². The summed E-state index contributed by atoms with van der Waals surface area (Å²) in [6.07, 6.45) is 0.676. The molecule has 188 valence electrons. The van der Waals surface area contributed by atoms with Gasteiger partial charge in [0.25, 0.3) is 5.91 Å². The van der Waals surface area contributed by atoms with Crippen molar-refractivity contribution in [2.24, 2.45) is 0 Å². The summed E-state index contributed by atoms with van der Waals surface area (Å²) in [6.45, 7) is 0.415. The molecule has 0 spiro atoms. The minimum atomic E-state index is -0.150. The van der Waals surface area contributed by atoms with Gasteiger partial charge in [-0.2, -0.15) is 0 Å². The van der Waals surface area contributed by atoms with Crippen molar-refractivity contribution in [3.63, 3.8) is 0 Å². The number of hydrogen-bond donors (Lipinski definition) is 1. The number of carbonyl (C=O) groups excluding carboxylic acids is 2. The number of benzene rings is 2. The Morgan fingerprint density at radius 1 is 0.919 bits per heavy atom. The van der Waals surface area contributed by atoms with E-state index in [1.54, 1.807) is 15.9 Å². The first-order valence-corrected chi connectivity index (χ1v) is 13.7. The smallest absolute Gasteiger partial charge is 0.270 e. The van der Waals surface area contributed by atoms with Gasteiger partial charge in [-0.3, -0.25) is 14.5 Å². The van der Waals surface area contributed by atoms with Crippen LogP contribution in [-0.2, 0) is 4.79 Å². The molecule has 9 heteroatoms. The molecular formula is C28H25N3O4S2. The number of nitrogens with zero attached hydrogens (tertiary/aromatic N) is 3. The number of furan rings is 1. The minimum Gasteiger partial charge on any atom is -0.454 e. The zero-order chi connectivity index (χ0) is 25.6. The first-order valence-electron chi connectivity index (χ1n) is 11.9. The van der Waals surface area contributed by atoms with E-state index in [9.17, 15) is 14.7 Å². The average Bonchev–Trinajstić information content (AvgIpc) is 3.70. The summed E-state index contributed by atoms with van der Waals surface area (Å²) in [6, 6.07) is 22.6. The summed E-state index contributed by atoms with van der Waals surface area (Å²) in [5, 5.41) is 14.8. The van der Waals surface area contributed by atoms with Crippen molar-refractivity contribution in [1.29, 1.82) is 0 Å². The molecule has 0 aliphatic heterocycles. The lowest BCUT2D eigenvalue weighted by Gasteiger charge is -2.23. The summed E-state index contributed by atoms with van der Waals surface area (Å²) in [5.74, 6) is 0.388. The molecule has 0 saturated carbocycles. The lowest BCUT2D eigenvalue weighted by Crippen LogP contribution is -2.35. The van der Waals surface area contributed by atoms with Crippen molar-refractivity contribution in [1.82, 2.24) is 4.98 Å². The van der Waals surface area contributed by atoms with Gasteiger partial charge >= 0.3 is 0 Å². The standard InChI is InChI=1S/C28H25N3O4S2/c32-16-15-30(21-9-2-1-3-10-21)26(33)13-6-14-31(27(34)25-12-7-17-36-25)28-29-22(19-37-28)24-18-20-8-4-5-11-23(20)35-24/h1-5,7-12,17-19,32H,6,13-16H2. The van der Waals surface area contributed by atoms with Crippen LogP contribution in [0.15, 0.2) is 88.0 Å². The summed E-state index contributed by atoms with van der Waals surface area (Å²) in [7, 11) is 0. The molecule has 5 aromatic rings. The molecule has 0 fully saturated rings. The normalized spacial score (nSPS) is 11.1. The molecule has 3 aromatic heterocycles. The van der Waals surface area contributed by atoms with Crippen molar-refractivity contribution in [2.45, 2.75) is 12.8 Å². The van der Waals surface area contributed by atoms with Crippen LogP contribution in [0.5, 0.6) is 0 Å². The molecule has 0 aliphatic rings. The van der Waals surface area contributed by atoms with E-state index in [4.69, 9.17) is 9.40 Å². The van der Waals surface area contributed by atoms with Crippen LogP contribution in [0, 0.1) is 0 Å². The Kier molecular flexibility index (Phi) is 7.74. The fraction of sp³-hybridized carbons (Fsp3) is 0.179. The SMILES string of the molecule is O=C(CCCN(C(=O)c1cccs1)c1nc(-c2cc3ccccc3o2)cs1)N(CCO)c1ccccc1. The Labute approximate surface area is 222 Å². The molecule has 0 unspecified atom stereocenters. The number of fused-ring (bicyclic) bond motifs is 1. The molecule has 0 radical (unpaired) electrons. The summed E-state index contributed by atoms with van der Waals surface area (Å²) in [4.78, 5) is 34.9. The molecule has 0 atom stereocenters. The zero-order valence-electron chi connectivity index (χ0n) is 19.9. The Morgan fingerprint density at radius 2 is 1.73 bits per heavy atom. The number of amides is 2. The first kappa shape index (κ1) is 24.9. The van der Waals surface area contributed by atoms with Crippen LogP contribution in [0.2, 0.25) is 0 Å². The van der Waals surface area contributed by atoms with Gasteiger partial charge in [-0.1, -0.05) is 42.5 Å². The molecule has 3 heterocycles. The molecule has 0 bridgehead atoms. The molecule has 2 aromatic carbocycles. The third-order valence-electron chi connectivity index (χ3n) is 5.84. The first-order chi connectivity index (χ1) is 18.1.